The Balaban J connectivity index is 1.28. The SMILES string of the molecule is COc1cc(C(O)CCN2CCN(c3cccc(Cl)c3O)CC2)ccc1OCc1ccccc1. The van der Waals surface area contributed by atoms with Crippen LogP contribution in [0.15, 0.2) is 66.7 Å². The number of methoxy groups -OCH3 is 1. The van der Waals surface area contributed by atoms with Crippen molar-refractivity contribution < 1.29 is 19.7 Å². The Kier molecular flexibility index (Phi) is 8.16. The summed E-state index contributed by atoms with van der Waals surface area (Å²) in [6, 6.07) is 21.0. The molecule has 1 unspecified atom stereocenters. The summed E-state index contributed by atoms with van der Waals surface area (Å²) < 4.78 is 11.4. The Labute approximate surface area is 205 Å². The van der Waals surface area contributed by atoms with Crippen LogP contribution in [0, 0.1) is 0 Å². The number of para-hydroxylation sites is 1. The lowest BCUT2D eigenvalue weighted by atomic mass is 10.1. The molecule has 1 heterocycles. The molecule has 34 heavy (non-hydrogen) atoms. The van der Waals surface area contributed by atoms with Gasteiger partial charge in [-0.3, -0.25) is 4.90 Å². The zero-order valence-electron chi connectivity index (χ0n) is 19.4. The molecular weight excluding hydrogens is 452 g/mol. The number of aliphatic hydroxyl groups is 1. The lowest BCUT2D eigenvalue weighted by Gasteiger charge is -2.36. The van der Waals surface area contributed by atoms with Gasteiger partial charge in [-0.2, -0.15) is 0 Å². The molecule has 3 aromatic carbocycles. The van der Waals surface area contributed by atoms with Gasteiger partial charge in [0, 0.05) is 32.7 Å². The molecule has 3 aromatic rings. The quantitative estimate of drug-likeness (QED) is 0.453. The Morgan fingerprint density at radius 3 is 2.44 bits per heavy atom. The Morgan fingerprint density at radius 1 is 0.941 bits per heavy atom. The summed E-state index contributed by atoms with van der Waals surface area (Å²) in [7, 11) is 1.61. The van der Waals surface area contributed by atoms with Gasteiger partial charge in [0.25, 0.3) is 0 Å². The Bertz CT molecular complexity index is 1070. The summed E-state index contributed by atoms with van der Waals surface area (Å²) in [6.07, 6.45) is 0.0302. The minimum Gasteiger partial charge on any atom is -0.504 e. The van der Waals surface area contributed by atoms with E-state index >= 15 is 0 Å². The van der Waals surface area contributed by atoms with E-state index in [1.807, 2.05) is 60.7 Å². The third-order valence-corrected chi connectivity index (χ3v) is 6.51. The molecule has 1 aliphatic rings. The number of benzene rings is 3. The number of anilines is 1. The van der Waals surface area contributed by atoms with Crippen molar-refractivity contribution in [1.29, 1.82) is 0 Å². The number of halogens is 1. The van der Waals surface area contributed by atoms with Crippen LogP contribution in [0.5, 0.6) is 17.2 Å². The van der Waals surface area contributed by atoms with E-state index in [4.69, 9.17) is 21.1 Å². The van der Waals surface area contributed by atoms with Gasteiger partial charge < -0.3 is 24.6 Å². The highest BCUT2D eigenvalue weighted by atomic mass is 35.5. The summed E-state index contributed by atoms with van der Waals surface area (Å²) in [6.45, 7) is 4.54. The van der Waals surface area contributed by atoms with E-state index in [1.54, 1.807) is 13.2 Å². The van der Waals surface area contributed by atoms with E-state index < -0.39 is 6.10 Å². The monoisotopic (exact) mass is 482 g/mol. The van der Waals surface area contributed by atoms with Crippen LogP contribution in [0.1, 0.15) is 23.7 Å². The number of hydrogen-bond donors (Lipinski definition) is 2. The number of hydrogen-bond acceptors (Lipinski definition) is 6. The lowest BCUT2D eigenvalue weighted by Crippen LogP contribution is -2.46. The molecule has 0 saturated carbocycles. The highest BCUT2D eigenvalue weighted by Gasteiger charge is 2.21. The average molecular weight is 483 g/mol. The van der Waals surface area contributed by atoms with Crippen LogP contribution >= 0.6 is 11.6 Å². The van der Waals surface area contributed by atoms with E-state index in [0.29, 0.717) is 29.5 Å². The first-order chi connectivity index (χ1) is 16.5. The van der Waals surface area contributed by atoms with Gasteiger partial charge in [-0.1, -0.05) is 54.1 Å². The lowest BCUT2D eigenvalue weighted by molar-refractivity contribution is 0.139. The number of nitrogens with zero attached hydrogens (tertiary/aromatic N) is 2. The highest BCUT2D eigenvalue weighted by molar-refractivity contribution is 6.32. The molecule has 2 N–H and O–H groups in total. The number of piperazine rings is 1. The summed E-state index contributed by atoms with van der Waals surface area (Å²) in [5, 5.41) is 21.4. The van der Waals surface area contributed by atoms with Crippen molar-refractivity contribution in [2.75, 3.05) is 44.7 Å². The second-order valence-electron chi connectivity index (χ2n) is 8.43. The molecule has 1 atom stereocenters. The van der Waals surface area contributed by atoms with E-state index in [0.717, 1.165) is 49.5 Å². The first kappa shape index (κ1) is 24.2. The van der Waals surface area contributed by atoms with Crippen LogP contribution < -0.4 is 14.4 Å². The van der Waals surface area contributed by atoms with Crippen LogP contribution in [0.4, 0.5) is 5.69 Å². The molecule has 4 rings (SSSR count). The maximum absolute atomic E-state index is 10.8. The van der Waals surface area contributed by atoms with Crippen molar-refractivity contribution >= 4 is 17.3 Å². The fraction of sp³-hybridized carbons (Fsp3) is 0.333. The van der Waals surface area contributed by atoms with Crippen molar-refractivity contribution in [2.24, 2.45) is 0 Å². The number of aliphatic hydroxyl groups excluding tert-OH is 1. The Morgan fingerprint density at radius 2 is 1.71 bits per heavy atom. The van der Waals surface area contributed by atoms with Crippen LogP contribution in [0.3, 0.4) is 0 Å². The third-order valence-electron chi connectivity index (χ3n) is 6.21. The molecular formula is C27H31ClN2O4. The first-order valence-corrected chi connectivity index (χ1v) is 11.9. The number of ether oxygens (including phenoxy) is 2. The van der Waals surface area contributed by atoms with E-state index in [2.05, 4.69) is 9.80 Å². The molecule has 180 valence electrons. The molecule has 0 spiro atoms. The molecule has 0 amide bonds. The number of rotatable bonds is 9. The maximum Gasteiger partial charge on any atom is 0.161 e. The van der Waals surface area contributed by atoms with Gasteiger partial charge in [0.15, 0.2) is 17.2 Å². The number of phenolic OH excluding ortho intramolecular Hbond substituents is 1. The average Bonchev–Trinajstić information content (AvgIpc) is 2.88. The summed E-state index contributed by atoms with van der Waals surface area (Å²) >= 11 is 6.05. The molecule has 1 aliphatic heterocycles. The fourth-order valence-corrected chi connectivity index (χ4v) is 4.36. The van der Waals surface area contributed by atoms with Crippen molar-refractivity contribution in [3.05, 3.63) is 82.9 Å². The smallest absolute Gasteiger partial charge is 0.161 e. The van der Waals surface area contributed by atoms with Crippen molar-refractivity contribution in [3.63, 3.8) is 0 Å². The van der Waals surface area contributed by atoms with Crippen molar-refractivity contribution in [2.45, 2.75) is 19.1 Å². The van der Waals surface area contributed by atoms with E-state index in [-0.39, 0.29) is 5.75 Å². The molecule has 0 aliphatic carbocycles. The number of aromatic hydroxyl groups is 1. The predicted molar refractivity (Wildman–Crippen MR) is 135 cm³/mol. The molecule has 1 saturated heterocycles. The van der Waals surface area contributed by atoms with Crippen molar-refractivity contribution in [1.82, 2.24) is 4.90 Å². The molecule has 6 nitrogen and oxygen atoms in total. The zero-order chi connectivity index (χ0) is 23.9. The predicted octanol–water partition coefficient (Wildman–Crippen LogP) is 4.88. The summed E-state index contributed by atoms with van der Waals surface area (Å²) in [5.41, 5.74) is 2.67. The Hall–Kier alpha value is -2.93. The topological polar surface area (TPSA) is 65.4 Å². The normalized spacial score (nSPS) is 15.2. The minimum atomic E-state index is -0.591. The largest absolute Gasteiger partial charge is 0.504 e. The highest BCUT2D eigenvalue weighted by Crippen LogP contribution is 2.35. The zero-order valence-corrected chi connectivity index (χ0v) is 20.1. The van der Waals surface area contributed by atoms with Crippen LogP contribution in [0.2, 0.25) is 5.02 Å². The summed E-state index contributed by atoms with van der Waals surface area (Å²) in [5.74, 6) is 1.41. The van der Waals surface area contributed by atoms with E-state index in [9.17, 15) is 10.2 Å². The standard InChI is InChI=1S/C27H31ClN2O4/c1-33-26-18-21(10-11-25(26)34-19-20-6-3-2-4-7-20)24(31)12-13-29-14-16-30(17-15-29)23-9-5-8-22(28)27(23)32/h2-11,18,24,31-32H,12-17,19H2,1H3. The molecule has 0 aromatic heterocycles. The van der Waals surface area contributed by atoms with Crippen LogP contribution in [-0.4, -0.2) is 54.9 Å². The molecule has 7 heteroatoms. The van der Waals surface area contributed by atoms with Gasteiger partial charge in [-0.25, -0.2) is 0 Å². The minimum absolute atomic E-state index is 0.137. The third kappa shape index (κ3) is 5.95. The van der Waals surface area contributed by atoms with Gasteiger partial charge in [0.2, 0.25) is 0 Å². The van der Waals surface area contributed by atoms with Gasteiger partial charge in [-0.05, 0) is 41.8 Å². The molecule has 1 fully saturated rings. The van der Waals surface area contributed by atoms with Crippen molar-refractivity contribution in [3.8, 4) is 17.2 Å². The molecule has 0 bridgehead atoms. The first-order valence-electron chi connectivity index (χ1n) is 11.5. The summed E-state index contributed by atoms with van der Waals surface area (Å²) in [4.78, 5) is 4.48. The van der Waals surface area contributed by atoms with Gasteiger partial charge >= 0.3 is 0 Å². The van der Waals surface area contributed by atoms with E-state index in [1.165, 1.54) is 0 Å². The fourth-order valence-electron chi connectivity index (χ4n) is 4.19. The van der Waals surface area contributed by atoms with Gasteiger partial charge in [0.05, 0.1) is 23.9 Å². The van der Waals surface area contributed by atoms with Gasteiger partial charge in [-0.15, -0.1) is 0 Å². The second-order valence-corrected chi connectivity index (χ2v) is 8.83. The van der Waals surface area contributed by atoms with Crippen LogP contribution in [-0.2, 0) is 6.61 Å². The van der Waals surface area contributed by atoms with Gasteiger partial charge in [0.1, 0.15) is 6.61 Å². The second kappa shape index (κ2) is 11.5. The molecule has 0 radical (unpaired) electrons. The van der Waals surface area contributed by atoms with Crippen LogP contribution in [0.25, 0.3) is 0 Å². The number of phenols is 1. The maximum atomic E-state index is 10.8.